The van der Waals surface area contributed by atoms with Crippen LogP contribution in [-0.2, 0) is 0 Å². The summed E-state index contributed by atoms with van der Waals surface area (Å²) in [5.74, 6) is 0. The third kappa shape index (κ3) is 5.69. The SMILES string of the molecule is N#Cc1c(-n2c3ccccc3c3c2ccc2c4ccccc4n(-c4ccccc4)c23)cc(-c2ccc(-c3ccccc3)cc2)cc1-n1c2ccccc2c2c1ccc1c3ccccc3n(-c3ccccc3)c12. The van der Waals surface area contributed by atoms with Crippen LogP contribution >= 0.6 is 0 Å². The molecule has 4 heterocycles. The Hall–Kier alpha value is -9.89. The van der Waals surface area contributed by atoms with Gasteiger partial charge < -0.3 is 18.3 Å². The normalized spacial score (nSPS) is 11.9. The van der Waals surface area contributed by atoms with Crippen LogP contribution in [0.1, 0.15) is 5.56 Å². The van der Waals surface area contributed by atoms with Gasteiger partial charge >= 0.3 is 0 Å². The van der Waals surface area contributed by atoms with E-state index in [-0.39, 0.29) is 0 Å². The van der Waals surface area contributed by atoms with E-state index in [1.54, 1.807) is 0 Å². The summed E-state index contributed by atoms with van der Waals surface area (Å²) in [6, 6.07) is 91.9. The predicted molar refractivity (Wildman–Crippen MR) is 299 cm³/mol. The average molecular weight is 916 g/mol. The zero-order valence-electron chi connectivity index (χ0n) is 38.9. The van der Waals surface area contributed by atoms with E-state index in [4.69, 9.17) is 0 Å². The van der Waals surface area contributed by atoms with Gasteiger partial charge in [0.05, 0.1) is 55.5 Å². The van der Waals surface area contributed by atoms with Crippen LogP contribution in [0.2, 0.25) is 0 Å². The van der Waals surface area contributed by atoms with Crippen LogP contribution in [0.4, 0.5) is 0 Å². The first-order valence-electron chi connectivity index (χ1n) is 24.5. The molecule has 0 aliphatic carbocycles. The van der Waals surface area contributed by atoms with Crippen LogP contribution < -0.4 is 0 Å². The second-order valence-electron chi connectivity index (χ2n) is 18.7. The molecule has 0 amide bonds. The highest BCUT2D eigenvalue weighted by Crippen LogP contribution is 2.46. The van der Waals surface area contributed by atoms with Gasteiger partial charge in [-0.3, -0.25) is 0 Å². The molecular formula is C67H41N5. The number of nitriles is 1. The first-order valence-corrected chi connectivity index (χ1v) is 24.5. The molecule has 11 aromatic carbocycles. The summed E-state index contributed by atoms with van der Waals surface area (Å²) in [7, 11) is 0. The van der Waals surface area contributed by atoms with Gasteiger partial charge in [-0.2, -0.15) is 5.26 Å². The molecule has 4 aromatic heterocycles. The van der Waals surface area contributed by atoms with Crippen LogP contribution in [0.15, 0.2) is 249 Å². The van der Waals surface area contributed by atoms with Crippen molar-refractivity contribution in [2.75, 3.05) is 0 Å². The maximum absolute atomic E-state index is 11.9. The molecule has 15 rings (SSSR count). The average Bonchev–Trinajstić information content (AvgIpc) is 4.18. The molecule has 0 aliphatic rings. The summed E-state index contributed by atoms with van der Waals surface area (Å²) in [5, 5.41) is 21.2. The van der Waals surface area contributed by atoms with Crippen molar-refractivity contribution in [3.05, 3.63) is 254 Å². The summed E-state index contributed by atoms with van der Waals surface area (Å²) in [6.07, 6.45) is 0. The van der Waals surface area contributed by atoms with E-state index in [2.05, 4.69) is 273 Å². The summed E-state index contributed by atoms with van der Waals surface area (Å²) in [6.45, 7) is 0. The molecule has 0 saturated carbocycles. The lowest BCUT2D eigenvalue weighted by Crippen LogP contribution is -2.05. The van der Waals surface area contributed by atoms with Crippen molar-refractivity contribution in [2.45, 2.75) is 0 Å². The fourth-order valence-electron chi connectivity index (χ4n) is 12.0. The molecule has 0 unspecified atom stereocenters. The molecule has 0 spiro atoms. The molecule has 0 radical (unpaired) electrons. The lowest BCUT2D eigenvalue weighted by atomic mass is 9.97. The fourth-order valence-corrected chi connectivity index (χ4v) is 12.0. The summed E-state index contributed by atoms with van der Waals surface area (Å²) < 4.78 is 9.53. The highest BCUT2D eigenvalue weighted by molar-refractivity contribution is 6.28. The van der Waals surface area contributed by atoms with Gasteiger partial charge in [0.2, 0.25) is 0 Å². The first-order chi connectivity index (χ1) is 35.7. The van der Waals surface area contributed by atoms with Crippen molar-refractivity contribution in [1.82, 2.24) is 18.3 Å². The van der Waals surface area contributed by atoms with E-state index in [0.29, 0.717) is 5.56 Å². The summed E-state index contributed by atoms with van der Waals surface area (Å²) >= 11 is 0. The van der Waals surface area contributed by atoms with Crippen molar-refractivity contribution in [3.8, 4) is 51.1 Å². The van der Waals surface area contributed by atoms with E-state index in [1.165, 1.54) is 27.1 Å². The molecule has 0 atom stereocenters. The predicted octanol–water partition coefficient (Wildman–Crippen LogP) is 17.3. The van der Waals surface area contributed by atoms with Crippen molar-refractivity contribution in [1.29, 1.82) is 5.26 Å². The van der Waals surface area contributed by atoms with E-state index in [0.717, 1.165) is 105 Å². The monoisotopic (exact) mass is 915 g/mol. The zero-order chi connectivity index (χ0) is 47.4. The molecule has 0 saturated heterocycles. The Bertz CT molecular complexity index is 4460. The van der Waals surface area contributed by atoms with Crippen LogP contribution in [0, 0.1) is 11.3 Å². The first kappa shape index (κ1) is 40.0. The van der Waals surface area contributed by atoms with Crippen LogP contribution in [0.25, 0.3) is 132 Å². The Morgan fingerprint density at radius 3 is 1.04 bits per heavy atom. The van der Waals surface area contributed by atoms with Crippen molar-refractivity contribution in [3.63, 3.8) is 0 Å². The second-order valence-corrected chi connectivity index (χ2v) is 18.7. The molecule has 0 aliphatic heterocycles. The van der Waals surface area contributed by atoms with Crippen LogP contribution in [0.5, 0.6) is 0 Å². The third-order valence-corrected chi connectivity index (χ3v) is 15.0. The van der Waals surface area contributed by atoms with Gasteiger partial charge in [0, 0.05) is 54.5 Å². The van der Waals surface area contributed by atoms with Gasteiger partial charge in [0.1, 0.15) is 11.6 Å². The highest BCUT2D eigenvalue weighted by atomic mass is 15.0. The number of hydrogen-bond acceptors (Lipinski definition) is 1. The Kier molecular flexibility index (Phi) is 8.66. The minimum Gasteiger partial charge on any atom is -0.309 e. The number of para-hydroxylation sites is 6. The van der Waals surface area contributed by atoms with Gasteiger partial charge in [0.25, 0.3) is 0 Å². The minimum absolute atomic E-state index is 0.581. The molecule has 72 heavy (non-hydrogen) atoms. The molecule has 15 aromatic rings. The van der Waals surface area contributed by atoms with E-state index < -0.39 is 0 Å². The molecule has 5 heteroatoms. The topological polar surface area (TPSA) is 43.5 Å². The zero-order valence-corrected chi connectivity index (χ0v) is 38.9. The molecule has 334 valence electrons. The maximum Gasteiger partial charge on any atom is 0.104 e. The number of aromatic nitrogens is 4. The third-order valence-electron chi connectivity index (χ3n) is 15.0. The van der Waals surface area contributed by atoms with Gasteiger partial charge in [-0.05, 0) is 95.1 Å². The molecule has 0 fully saturated rings. The minimum atomic E-state index is 0.581. The number of fused-ring (bicyclic) bond motifs is 14. The van der Waals surface area contributed by atoms with Crippen LogP contribution in [0.3, 0.4) is 0 Å². The molecular weight excluding hydrogens is 875 g/mol. The van der Waals surface area contributed by atoms with E-state index in [1.807, 2.05) is 0 Å². The van der Waals surface area contributed by atoms with E-state index >= 15 is 0 Å². The number of benzene rings is 11. The van der Waals surface area contributed by atoms with Crippen LogP contribution in [-0.4, -0.2) is 18.3 Å². The smallest absolute Gasteiger partial charge is 0.104 e. The summed E-state index contributed by atoms with van der Waals surface area (Å²) in [5.41, 5.74) is 17.5. The van der Waals surface area contributed by atoms with Gasteiger partial charge in [-0.15, -0.1) is 0 Å². The molecule has 0 bridgehead atoms. The highest BCUT2D eigenvalue weighted by Gasteiger charge is 2.27. The number of rotatable bonds is 6. The largest absolute Gasteiger partial charge is 0.309 e. The molecule has 0 N–H and O–H groups in total. The van der Waals surface area contributed by atoms with Gasteiger partial charge in [-0.1, -0.05) is 176 Å². The Balaban J connectivity index is 1.08. The Labute approximate surface area is 414 Å². The van der Waals surface area contributed by atoms with Crippen molar-refractivity contribution < 1.29 is 0 Å². The maximum atomic E-state index is 11.9. The Morgan fingerprint density at radius 2 is 0.611 bits per heavy atom. The van der Waals surface area contributed by atoms with Crippen molar-refractivity contribution in [2.24, 2.45) is 0 Å². The quantitative estimate of drug-likeness (QED) is 0.164. The van der Waals surface area contributed by atoms with Gasteiger partial charge in [0.15, 0.2) is 0 Å². The molecule has 5 nitrogen and oxygen atoms in total. The Morgan fingerprint density at radius 1 is 0.264 bits per heavy atom. The van der Waals surface area contributed by atoms with Gasteiger partial charge in [-0.25, -0.2) is 0 Å². The van der Waals surface area contributed by atoms with E-state index in [9.17, 15) is 5.26 Å². The lowest BCUT2D eigenvalue weighted by molar-refractivity contribution is 1.12. The lowest BCUT2D eigenvalue weighted by Gasteiger charge is -2.19. The second kappa shape index (κ2) is 15.6. The standard InChI is InChI=1S/C67H41N5/c68-42-55-62(71-58-30-16-12-26-53(58)64-60(71)38-36-51-49-24-10-14-28-56(49)69(66(51)64)47-20-6-2-7-21-47)40-46(45-34-32-44(33-35-45)43-18-4-1-5-19-43)41-63(55)72-59-31-17-13-27-54(59)65-61(72)39-37-52-50-25-11-15-29-57(50)70(67(52)65)48-22-8-3-9-23-48/h1-41H. The van der Waals surface area contributed by atoms with Crippen molar-refractivity contribution >= 4 is 87.2 Å². The fraction of sp³-hybridized carbons (Fsp3) is 0. The number of hydrogen-bond donors (Lipinski definition) is 0. The number of nitrogens with zero attached hydrogens (tertiary/aromatic N) is 5. The summed E-state index contributed by atoms with van der Waals surface area (Å²) in [4.78, 5) is 0.